The zero-order chi connectivity index (χ0) is 24.9. The van der Waals surface area contributed by atoms with Gasteiger partial charge in [0.05, 0.1) is 34.4 Å². The first-order valence-corrected chi connectivity index (χ1v) is 12.7. The first-order chi connectivity index (χ1) is 16.8. The normalized spacial score (nSPS) is 18.9. The highest BCUT2D eigenvalue weighted by molar-refractivity contribution is 7.15. The Hall–Kier alpha value is -3.36. The standard InChI is InChI=1S/C24H31N7O3S/c1-16(32)29-10-7-18(8-11-29)30-15-17(13-28-30)5-6-20-12-21(22(35-20)23(25)33)31(24(26)34)19-4-2-3-9-27-14-19/h12-13,15,18-19,27H,2-4,7-11,14H2,1H3,(H2,25,33)(H2,26,34)/t19-/m0/s1. The van der Waals surface area contributed by atoms with Crippen LogP contribution in [0.1, 0.15) is 65.2 Å². The van der Waals surface area contributed by atoms with Crippen LogP contribution in [0, 0.1) is 11.8 Å². The molecule has 10 nitrogen and oxygen atoms in total. The van der Waals surface area contributed by atoms with Crippen molar-refractivity contribution in [3.63, 3.8) is 0 Å². The molecule has 5 N–H and O–H groups in total. The Bertz CT molecular complexity index is 1150. The van der Waals surface area contributed by atoms with Crippen LogP contribution in [0.25, 0.3) is 0 Å². The van der Waals surface area contributed by atoms with Gasteiger partial charge in [0, 0.05) is 32.8 Å². The number of primary amides is 2. The van der Waals surface area contributed by atoms with Gasteiger partial charge in [-0.2, -0.15) is 5.10 Å². The third kappa shape index (κ3) is 5.83. The predicted octanol–water partition coefficient (Wildman–Crippen LogP) is 1.65. The average Bonchev–Trinajstić information content (AvgIpc) is 3.38. The number of hydrogen-bond donors (Lipinski definition) is 3. The fourth-order valence-electron chi connectivity index (χ4n) is 4.70. The largest absolute Gasteiger partial charge is 0.365 e. The van der Waals surface area contributed by atoms with Crippen molar-refractivity contribution in [3.05, 3.63) is 33.8 Å². The van der Waals surface area contributed by atoms with E-state index < -0.39 is 11.9 Å². The molecule has 0 spiro atoms. The molecular formula is C24H31N7O3S. The summed E-state index contributed by atoms with van der Waals surface area (Å²) in [5, 5.41) is 7.78. The molecule has 4 heterocycles. The lowest BCUT2D eigenvalue weighted by molar-refractivity contribution is -0.130. The van der Waals surface area contributed by atoms with Crippen molar-refractivity contribution in [2.75, 3.05) is 31.1 Å². The van der Waals surface area contributed by atoms with Crippen LogP contribution in [0.2, 0.25) is 0 Å². The number of urea groups is 1. The molecule has 0 bridgehead atoms. The molecule has 2 aromatic heterocycles. The van der Waals surface area contributed by atoms with Gasteiger partial charge in [-0.3, -0.25) is 19.2 Å². The van der Waals surface area contributed by atoms with E-state index in [1.807, 2.05) is 15.8 Å². The molecule has 35 heavy (non-hydrogen) atoms. The topological polar surface area (TPSA) is 140 Å². The van der Waals surface area contributed by atoms with E-state index in [1.165, 1.54) is 4.90 Å². The third-order valence-electron chi connectivity index (χ3n) is 6.53. The van der Waals surface area contributed by atoms with E-state index in [0.29, 0.717) is 17.1 Å². The number of carbonyl (C=O) groups excluding carboxylic acids is 3. The number of likely N-dealkylation sites (tertiary alicyclic amines) is 1. The number of aromatic nitrogens is 2. The predicted molar refractivity (Wildman–Crippen MR) is 134 cm³/mol. The fourth-order valence-corrected chi connectivity index (χ4v) is 5.55. The highest BCUT2D eigenvalue weighted by Gasteiger charge is 2.29. The van der Waals surface area contributed by atoms with Crippen LogP contribution in [0.15, 0.2) is 18.5 Å². The smallest absolute Gasteiger partial charge is 0.319 e. The third-order valence-corrected chi connectivity index (χ3v) is 7.59. The van der Waals surface area contributed by atoms with Crippen LogP contribution in [0.5, 0.6) is 0 Å². The van der Waals surface area contributed by atoms with Crippen LogP contribution in [-0.2, 0) is 4.79 Å². The van der Waals surface area contributed by atoms with Gasteiger partial charge in [-0.1, -0.05) is 18.3 Å². The van der Waals surface area contributed by atoms with E-state index in [0.717, 1.165) is 68.6 Å². The van der Waals surface area contributed by atoms with Gasteiger partial charge in [0.1, 0.15) is 4.88 Å². The van der Waals surface area contributed by atoms with Gasteiger partial charge in [0.2, 0.25) is 5.91 Å². The molecule has 0 aromatic carbocycles. The monoisotopic (exact) mass is 497 g/mol. The maximum atomic E-state index is 12.4. The number of nitrogens with two attached hydrogens (primary N) is 2. The molecule has 2 saturated heterocycles. The molecule has 1 atom stereocenters. The number of amides is 4. The number of thiophene rings is 1. The molecule has 0 saturated carbocycles. The van der Waals surface area contributed by atoms with E-state index in [9.17, 15) is 14.4 Å². The second-order valence-electron chi connectivity index (χ2n) is 8.95. The van der Waals surface area contributed by atoms with Crippen LogP contribution in [0.3, 0.4) is 0 Å². The molecule has 0 aliphatic carbocycles. The lowest BCUT2D eigenvalue weighted by Crippen LogP contribution is -2.48. The average molecular weight is 498 g/mol. The van der Waals surface area contributed by atoms with Crippen LogP contribution in [0.4, 0.5) is 10.5 Å². The summed E-state index contributed by atoms with van der Waals surface area (Å²) >= 11 is 1.16. The second kappa shape index (κ2) is 10.9. The number of rotatable bonds is 4. The van der Waals surface area contributed by atoms with E-state index in [2.05, 4.69) is 22.3 Å². The first-order valence-electron chi connectivity index (χ1n) is 11.9. The maximum absolute atomic E-state index is 12.4. The minimum Gasteiger partial charge on any atom is -0.365 e. The van der Waals surface area contributed by atoms with Crippen molar-refractivity contribution in [3.8, 4) is 11.8 Å². The second-order valence-corrected chi connectivity index (χ2v) is 10.00. The summed E-state index contributed by atoms with van der Waals surface area (Å²) in [5.41, 5.74) is 12.5. The molecule has 2 aromatic rings. The Morgan fingerprint density at radius 1 is 1.17 bits per heavy atom. The molecule has 2 aliphatic rings. The van der Waals surface area contributed by atoms with Gasteiger partial charge in [0.15, 0.2) is 0 Å². The van der Waals surface area contributed by atoms with Gasteiger partial charge >= 0.3 is 6.03 Å². The molecular weight excluding hydrogens is 466 g/mol. The molecule has 4 amide bonds. The van der Waals surface area contributed by atoms with Gasteiger partial charge in [-0.15, -0.1) is 11.3 Å². The van der Waals surface area contributed by atoms with E-state index in [4.69, 9.17) is 11.5 Å². The van der Waals surface area contributed by atoms with Crippen molar-refractivity contribution in [1.82, 2.24) is 20.0 Å². The fraction of sp³-hybridized carbons (Fsp3) is 0.500. The SMILES string of the molecule is CC(=O)N1CCC(n2cc(C#Cc3cc(N(C(N)=O)[C@H]4CCCCNC4)c(C(N)=O)s3)cn2)CC1. The Labute approximate surface area is 208 Å². The summed E-state index contributed by atoms with van der Waals surface area (Å²) in [7, 11) is 0. The molecule has 0 unspecified atom stereocenters. The van der Waals surface area contributed by atoms with Crippen LogP contribution in [-0.4, -0.2) is 64.7 Å². The van der Waals surface area contributed by atoms with E-state index in [-0.39, 0.29) is 22.9 Å². The summed E-state index contributed by atoms with van der Waals surface area (Å²) in [6, 6.07) is 1.18. The molecule has 2 aliphatic heterocycles. The van der Waals surface area contributed by atoms with Crippen LogP contribution < -0.4 is 21.7 Å². The van der Waals surface area contributed by atoms with E-state index >= 15 is 0 Å². The van der Waals surface area contributed by atoms with Crippen molar-refractivity contribution in [2.24, 2.45) is 11.5 Å². The number of nitrogens with one attached hydrogen (secondary N) is 1. The molecule has 4 rings (SSSR count). The lowest BCUT2D eigenvalue weighted by atomic mass is 10.1. The van der Waals surface area contributed by atoms with Crippen molar-refractivity contribution >= 4 is 34.9 Å². The minimum atomic E-state index is -0.615. The number of carbonyl (C=O) groups is 3. The lowest BCUT2D eigenvalue weighted by Gasteiger charge is -2.31. The number of hydrogen-bond acceptors (Lipinski definition) is 6. The first kappa shape index (κ1) is 24.8. The summed E-state index contributed by atoms with van der Waals surface area (Å²) in [6.07, 6.45) is 8.08. The quantitative estimate of drug-likeness (QED) is 0.551. The van der Waals surface area contributed by atoms with Gasteiger partial charge in [-0.05, 0) is 38.3 Å². The Morgan fingerprint density at radius 3 is 2.63 bits per heavy atom. The Morgan fingerprint density at radius 2 is 1.94 bits per heavy atom. The highest BCUT2D eigenvalue weighted by atomic mass is 32.1. The Kier molecular flexibility index (Phi) is 7.73. The molecule has 11 heteroatoms. The number of anilines is 1. The van der Waals surface area contributed by atoms with E-state index in [1.54, 1.807) is 19.2 Å². The zero-order valence-electron chi connectivity index (χ0n) is 19.8. The zero-order valence-corrected chi connectivity index (χ0v) is 20.6. The van der Waals surface area contributed by atoms with Gasteiger partial charge < -0.3 is 21.7 Å². The maximum Gasteiger partial charge on any atom is 0.319 e. The Balaban J connectivity index is 1.53. The summed E-state index contributed by atoms with van der Waals surface area (Å²) < 4.78 is 1.91. The number of nitrogens with zero attached hydrogens (tertiary/aromatic N) is 4. The summed E-state index contributed by atoms with van der Waals surface area (Å²) in [4.78, 5) is 40.3. The molecule has 186 valence electrons. The summed E-state index contributed by atoms with van der Waals surface area (Å²) in [6.45, 7) is 4.53. The van der Waals surface area contributed by atoms with Gasteiger partial charge in [0.25, 0.3) is 5.91 Å². The number of piperidine rings is 1. The van der Waals surface area contributed by atoms with Crippen molar-refractivity contribution in [1.29, 1.82) is 0 Å². The molecule has 2 fully saturated rings. The molecule has 0 radical (unpaired) electrons. The minimum absolute atomic E-state index is 0.103. The van der Waals surface area contributed by atoms with Gasteiger partial charge in [-0.25, -0.2) is 4.79 Å². The van der Waals surface area contributed by atoms with Crippen LogP contribution >= 0.6 is 11.3 Å². The van der Waals surface area contributed by atoms with Crippen molar-refractivity contribution < 1.29 is 14.4 Å². The summed E-state index contributed by atoms with van der Waals surface area (Å²) in [5.74, 6) is 5.67. The van der Waals surface area contributed by atoms with Crippen molar-refractivity contribution in [2.45, 2.75) is 51.1 Å². The highest BCUT2D eigenvalue weighted by Crippen LogP contribution is 2.32.